The maximum Gasteiger partial charge on any atom is 0.244 e. The first kappa shape index (κ1) is 13.0. The zero-order valence-corrected chi connectivity index (χ0v) is 10.4. The van der Waals surface area contributed by atoms with Gasteiger partial charge in [0.15, 0.2) is 5.82 Å². The largest absolute Gasteiger partial charge is 0.368 e. The van der Waals surface area contributed by atoms with Crippen molar-refractivity contribution in [2.75, 3.05) is 17.6 Å². The van der Waals surface area contributed by atoms with E-state index in [0.717, 1.165) is 6.54 Å². The molecule has 3 N–H and O–H groups in total. The molecule has 0 bridgehead atoms. The molecule has 0 aliphatic carbocycles. The maximum atomic E-state index is 5.71. The summed E-state index contributed by atoms with van der Waals surface area (Å²) in [5.41, 5.74) is 5.71. The molecule has 92 valence electrons. The lowest BCUT2D eigenvalue weighted by molar-refractivity contribution is 0.856. The number of nitrogens with one attached hydrogen (secondary N) is 1. The van der Waals surface area contributed by atoms with Gasteiger partial charge in [0.2, 0.25) is 11.9 Å². The van der Waals surface area contributed by atoms with E-state index >= 15 is 0 Å². The molecule has 0 unspecified atom stereocenters. The summed E-state index contributed by atoms with van der Waals surface area (Å²) in [6, 6.07) is 5.53. The first-order valence-electron chi connectivity index (χ1n) is 5.69. The molecule has 2 heterocycles. The molecule has 0 saturated heterocycles. The number of nitrogen functional groups attached to an aromatic ring is 1. The smallest absolute Gasteiger partial charge is 0.244 e. The Balaban J connectivity index is 0.000000686. The van der Waals surface area contributed by atoms with E-state index in [2.05, 4.69) is 20.4 Å². The minimum atomic E-state index is 0.324. The quantitative estimate of drug-likeness (QED) is 0.844. The Hall–Kier alpha value is -2.11. The highest BCUT2D eigenvalue weighted by molar-refractivity contribution is 5.37. The average Bonchev–Trinajstić information content (AvgIpc) is 2.74. The fraction of sp³-hybridized carbons (Fsp3) is 0.364. The third-order valence-corrected chi connectivity index (χ3v) is 1.83. The normalized spacial score (nSPS) is 9.35. The van der Waals surface area contributed by atoms with Gasteiger partial charge in [0.05, 0.1) is 0 Å². The summed E-state index contributed by atoms with van der Waals surface area (Å²) in [5.74, 6) is 1.50. The summed E-state index contributed by atoms with van der Waals surface area (Å²) in [5, 5.41) is 7.16. The summed E-state index contributed by atoms with van der Waals surface area (Å²) in [6.45, 7) is 6.73. The van der Waals surface area contributed by atoms with Crippen molar-refractivity contribution >= 4 is 11.9 Å². The molecule has 0 atom stereocenters. The fourth-order valence-corrected chi connectivity index (χ4v) is 1.20. The van der Waals surface area contributed by atoms with Gasteiger partial charge in [0.1, 0.15) is 0 Å². The number of hydrogen-bond acceptors (Lipinski definition) is 5. The number of aromatic nitrogens is 4. The Kier molecular flexibility index (Phi) is 4.93. The van der Waals surface area contributed by atoms with Gasteiger partial charge in [-0.3, -0.25) is 0 Å². The number of pyridine rings is 1. The topological polar surface area (TPSA) is 81.6 Å². The summed E-state index contributed by atoms with van der Waals surface area (Å²) in [4.78, 5) is 8.19. The molecular weight excluding hydrogens is 216 g/mol. The lowest BCUT2D eigenvalue weighted by Crippen LogP contribution is -2.04. The minimum Gasteiger partial charge on any atom is -0.368 e. The van der Waals surface area contributed by atoms with Crippen molar-refractivity contribution < 1.29 is 0 Å². The Morgan fingerprint density at radius 2 is 2.12 bits per heavy atom. The molecular formula is C11H18N6. The van der Waals surface area contributed by atoms with E-state index in [1.165, 1.54) is 4.68 Å². The van der Waals surface area contributed by atoms with Crippen LogP contribution in [0.15, 0.2) is 24.4 Å². The molecule has 6 heteroatoms. The average molecular weight is 234 g/mol. The molecule has 2 aromatic heterocycles. The third-order valence-electron chi connectivity index (χ3n) is 1.83. The SMILES string of the molecule is CC.CCNc1nc(N)n(-c2ccccn2)n1. The van der Waals surface area contributed by atoms with E-state index in [4.69, 9.17) is 5.73 Å². The third kappa shape index (κ3) is 3.17. The summed E-state index contributed by atoms with van der Waals surface area (Å²) >= 11 is 0. The van der Waals surface area contributed by atoms with Crippen LogP contribution in [-0.4, -0.2) is 26.3 Å². The van der Waals surface area contributed by atoms with Gasteiger partial charge in [-0.2, -0.15) is 9.67 Å². The number of nitrogens with zero attached hydrogens (tertiary/aromatic N) is 4. The van der Waals surface area contributed by atoms with Gasteiger partial charge in [0.25, 0.3) is 0 Å². The second-order valence-corrected chi connectivity index (χ2v) is 2.92. The standard InChI is InChI=1S/C9H12N6.C2H6/c1-2-11-9-13-8(10)15(14-9)7-5-3-4-6-12-7;1-2/h3-6H,2H2,1H3,(H3,10,11,13,14);1-2H3. The van der Waals surface area contributed by atoms with Crippen molar-refractivity contribution in [3.05, 3.63) is 24.4 Å². The zero-order chi connectivity index (χ0) is 12.7. The van der Waals surface area contributed by atoms with Crippen LogP contribution in [0, 0.1) is 0 Å². The van der Waals surface area contributed by atoms with Gasteiger partial charge >= 0.3 is 0 Å². The van der Waals surface area contributed by atoms with Gasteiger partial charge < -0.3 is 11.1 Å². The highest BCUT2D eigenvalue weighted by Gasteiger charge is 2.07. The van der Waals surface area contributed by atoms with Crippen LogP contribution in [0.25, 0.3) is 5.82 Å². The lowest BCUT2D eigenvalue weighted by Gasteiger charge is -1.99. The van der Waals surface area contributed by atoms with Crippen molar-refractivity contribution in [1.29, 1.82) is 0 Å². The molecule has 6 nitrogen and oxygen atoms in total. The Morgan fingerprint density at radius 1 is 1.35 bits per heavy atom. The van der Waals surface area contributed by atoms with Crippen LogP contribution in [0.5, 0.6) is 0 Å². The summed E-state index contributed by atoms with van der Waals surface area (Å²) in [7, 11) is 0. The van der Waals surface area contributed by atoms with Gasteiger partial charge in [-0.05, 0) is 19.1 Å². The molecule has 0 spiro atoms. The molecule has 0 aliphatic rings. The first-order valence-corrected chi connectivity index (χ1v) is 5.69. The van der Waals surface area contributed by atoms with E-state index in [1.54, 1.807) is 6.20 Å². The van der Waals surface area contributed by atoms with Gasteiger partial charge in [-0.15, -0.1) is 5.10 Å². The number of nitrogens with two attached hydrogens (primary N) is 1. The molecule has 0 aliphatic heterocycles. The number of rotatable bonds is 3. The molecule has 2 rings (SSSR count). The van der Waals surface area contributed by atoms with Crippen LogP contribution in [0.4, 0.5) is 11.9 Å². The first-order chi connectivity index (χ1) is 8.31. The van der Waals surface area contributed by atoms with E-state index in [0.29, 0.717) is 17.7 Å². The second kappa shape index (κ2) is 6.47. The van der Waals surface area contributed by atoms with Crippen LogP contribution < -0.4 is 11.1 Å². The molecule has 0 aromatic carbocycles. The second-order valence-electron chi connectivity index (χ2n) is 2.92. The van der Waals surface area contributed by atoms with Crippen molar-refractivity contribution in [3.63, 3.8) is 0 Å². The molecule has 2 aromatic rings. The molecule has 0 fully saturated rings. The van der Waals surface area contributed by atoms with Crippen LogP contribution in [0.2, 0.25) is 0 Å². The predicted octanol–water partition coefficient (Wildman–Crippen LogP) is 1.70. The number of anilines is 2. The van der Waals surface area contributed by atoms with Gasteiger partial charge in [-0.1, -0.05) is 19.9 Å². The van der Waals surface area contributed by atoms with Crippen LogP contribution in [0.1, 0.15) is 20.8 Å². The highest BCUT2D eigenvalue weighted by Crippen LogP contribution is 2.10. The number of hydrogen-bond donors (Lipinski definition) is 2. The van der Waals surface area contributed by atoms with E-state index in [1.807, 2.05) is 39.0 Å². The van der Waals surface area contributed by atoms with Gasteiger partial charge in [-0.25, -0.2) is 4.98 Å². The Labute approximate surface area is 101 Å². The molecule has 0 radical (unpaired) electrons. The highest BCUT2D eigenvalue weighted by atomic mass is 15.4. The van der Waals surface area contributed by atoms with E-state index in [-0.39, 0.29) is 0 Å². The Bertz CT molecular complexity index is 436. The Morgan fingerprint density at radius 3 is 2.71 bits per heavy atom. The molecule has 0 saturated carbocycles. The van der Waals surface area contributed by atoms with Crippen LogP contribution >= 0.6 is 0 Å². The van der Waals surface area contributed by atoms with Crippen molar-refractivity contribution in [3.8, 4) is 5.82 Å². The van der Waals surface area contributed by atoms with Gasteiger partial charge in [0, 0.05) is 12.7 Å². The predicted molar refractivity (Wildman–Crippen MR) is 69.1 cm³/mol. The van der Waals surface area contributed by atoms with Crippen LogP contribution in [0.3, 0.4) is 0 Å². The minimum absolute atomic E-state index is 0.324. The van der Waals surface area contributed by atoms with E-state index in [9.17, 15) is 0 Å². The van der Waals surface area contributed by atoms with E-state index < -0.39 is 0 Å². The van der Waals surface area contributed by atoms with Crippen molar-refractivity contribution in [2.45, 2.75) is 20.8 Å². The summed E-state index contributed by atoms with van der Waals surface area (Å²) in [6.07, 6.45) is 1.68. The maximum absolute atomic E-state index is 5.71. The van der Waals surface area contributed by atoms with Crippen LogP contribution in [-0.2, 0) is 0 Å². The van der Waals surface area contributed by atoms with Crippen molar-refractivity contribution in [2.24, 2.45) is 0 Å². The summed E-state index contributed by atoms with van der Waals surface area (Å²) < 4.78 is 1.50. The monoisotopic (exact) mass is 234 g/mol. The lowest BCUT2D eigenvalue weighted by atomic mass is 10.5. The molecule has 17 heavy (non-hydrogen) atoms. The zero-order valence-electron chi connectivity index (χ0n) is 10.4. The fourth-order valence-electron chi connectivity index (χ4n) is 1.20. The molecule has 0 amide bonds. The van der Waals surface area contributed by atoms with Crippen molar-refractivity contribution in [1.82, 2.24) is 19.7 Å².